The van der Waals surface area contributed by atoms with Crippen LogP contribution in [0.25, 0.3) is 0 Å². The van der Waals surface area contributed by atoms with Gasteiger partial charge >= 0.3 is 0 Å². The van der Waals surface area contributed by atoms with Crippen molar-refractivity contribution in [2.75, 3.05) is 20.3 Å². The van der Waals surface area contributed by atoms with E-state index in [0.717, 1.165) is 16.7 Å². The summed E-state index contributed by atoms with van der Waals surface area (Å²) in [5.74, 6) is -0.212. The summed E-state index contributed by atoms with van der Waals surface area (Å²) in [4.78, 5) is 27.1. The predicted octanol–water partition coefficient (Wildman–Crippen LogP) is 2.08. The van der Waals surface area contributed by atoms with Crippen LogP contribution in [0.2, 0.25) is 0 Å². The van der Waals surface area contributed by atoms with Gasteiger partial charge in [-0.25, -0.2) is 0 Å². The van der Waals surface area contributed by atoms with E-state index in [-0.39, 0.29) is 11.8 Å². The Labute approximate surface area is 147 Å². The highest BCUT2D eigenvalue weighted by atomic mass is 16.5. The first-order valence-electron chi connectivity index (χ1n) is 8.38. The molecule has 1 N–H and O–H groups in total. The van der Waals surface area contributed by atoms with Crippen molar-refractivity contribution in [1.82, 2.24) is 10.2 Å². The molecule has 2 aromatic carbocycles. The Balaban J connectivity index is 1.83. The number of benzene rings is 2. The zero-order valence-corrected chi connectivity index (χ0v) is 14.3. The molecule has 130 valence electrons. The molecule has 2 amide bonds. The summed E-state index contributed by atoms with van der Waals surface area (Å²) in [5.41, 5.74) is 2.83. The second-order valence-corrected chi connectivity index (χ2v) is 6.06. The topological polar surface area (TPSA) is 58.6 Å². The standard InChI is InChI=1S/C20H22N2O3/c1-25-12-11-22-18(23)13-16-9-5-6-10-17(16)19(22)20(24)21-14-15-7-3-2-4-8-15/h2-10,19H,11-14H2,1H3,(H,21,24). The van der Waals surface area contributed by atoms with Gasteiger partial charge in [0.15, 0.2) is 0 Å². The van der Waals surface area contributed by atoms with Gasteiger partial charge in [-0.05, 0) is 16.7 Å². The molecule has 1 heterocycles. The lowest BCUT2D eigenvalue weighted by Gasteiger charge is -2.36. The maximum absolute atomic E-state index is 12.9. The van der Waals surface area contributed by atoms with E-state index in [1.54, 1.807) is 12.0 Å². The monoisotopic (exact) mass is 338 g/mol. The van der Waals surface area contributed by atoms with Gasteiger partial charge < -0.3 is 15.0 Å². The highest BCUT2D eigenvalue weighted by molar-refractivity contribution is 5.92. The average Bonchev–Trinajstić information content (AvgIpc) is 2.65. The third kappa shape index (κ3) is 3.88. The van der Waals surface area contributed by atoms with Gasteiger partial charge in [0.1, 0.15) is 6.04 Å². The number of carbonyl (C=O) groups is 2. The van der Waals surface area contributed by atoms with E-state index in [9.17, 15) is 9.59 Å². The minimum atomic E-state index is -0.615. The Kier molecular flexibility index (Phi) is 5.46. The second-order valence-electron chi connectivity index (χ2n) is 6.06. The van der Waals surface area contributed by atoms with Gasteiger partial charge in [-0.15, -0.1) is 0 Å². The normalized spacial score (nSPS) is 16.4. The molecule has 0 aromatic heterocycles. The molecule has 0 aliphatic carbocycles. The van der Waals surface area contributed by atoms with Gasteiger partial charge in [0.05, 0.1) is 13.0 Å². The van der Waals surface area contributed by atoms with Gasteiger partial charge in [-0.1, -0.05) is 54.6 Å². The minimum absolute atomic E-state index is 0.0457. The van der Waals surface area contributed by atoms with E-state index >= 15 is 0 Å². The zero-order chi connectivity index (χ0) is 17.6. The van der Waals surface area contributed by atoms with Crippen LogP contribution in [-0.2, 0) is 27.3 Å². The maximum atomic E-state index is 12.9. The van der Waals surface area contributed by atoms with Crippen LogP contribution < -0.4 is 5.32 Å². The van der Waals surface area contributed by atoms with Crippen LogP contribution in [-0.4, -0.2) is 37.0 Å². The second kappa shape index (κ2) is 7.94. The van der Waals surface area contributed by atoms with E-state index in [1.165, 1.54) is 0 Å². The molecule has 0 spiro atoms. The molecule has 0 saturated carbocycles. The molecule has 1 aliphatic heterocycles. The summed E-state index contributed by atoms with van der Waals surface area (Å²) in [7, 11) is 1.59. The smallest absolute Gasteiger partial charge is 0.247 e. The van der Waals surface area contributed by atoms with E-state index in [2.05, 4.69) is 5.32 Å². The quantitative estimate of drug-likeness (QED) is 0.877. The Morgan fingerprint density at radius 1 is 1.16 bits per heavy atom. The summed E-state index contributed by atoms with van der Waals surface area (Å²) in [6.07, 6.45) is 0.322. The van der Waals surface area contributed by atoms with Crippen LogP contribution in [0.15, 0.2) is 54.6 Å². The van der Waals surface area contributed by atoms with Gasteiger partial charge in [0, 0.05) is 20.2 Å². The third-order valence-corrected chi connectivity index (χ3v) is 4.42. The molecule has 3 rings (SSSR count). The molecule has 5 heteroatoms. The molecular formula is C20H22N2O3. The van der Waals surface area contributed by atoms with Gasteiger partial charge in [-0.3, -0.25) is 9.59 Å². The number of fused-ring (bicyclic) bond motifs is 1. The molecule has 0 fully saturated rings. The molecule has 1 aliphatic rings. The first kappa shape index (κ1) is 17.2. The van der Waals surface area contributed by atoms with Crippen molar-refractivity contribution in [1.29, 1.82) is 0 Å². The van der Waals surface area contributed by atoms with Crippen LogP contribution >= 0.6 is 0 Å². The molecule has 0 radical (unpaired) electrons. The Morgan fingerprint density at radius 2 is 1.88 bits per heavy atom. The van der Waals surface area contributed by atoms with Crippen LogP contribution in [0.5, 0.6) is 0 Å². The Bertz CT molecular complexity index is 746. The summed E-state index contributed by atoms with van der Waals surface area (Å²) >= 11 is 0. The highest BCUT2D eigenvalue weighted by Gasteiger charge is 2.36. The highest BCUT2D eigenvalue weighted by Crippen LogP contribution is 2.30. The predicted molar refractivity (Wildman–Crippen MR) is 94.8 cm³/mol. The fourth-order valence-electron chi connectivity index (χ4n) is 3.15. The average molecular weight is 338 g/mol. The Hall–Kier alpha value is -2.66. The number of nitrogens with one attached hydrogen (secondary N) is 1. The first-order valence-corrected chi connectivity index (χ1v) is 8.38. The number of rotatable bonds is 6. The Morgan fingerprint density at radius 3 is 2.64 bits per heavy atom. The SMILES string of the molecule is COCCN1C(=O)Cc2ccccc2C1C(=O)NCc1ccccc1. The number of nitrogens with zero attached hydrogens (tertiary/aromatic N) is 1. The van der Waals surface area contributed by atoms with Gasteiger partial charge in [-0.2, -0.15) is 0 Å². The maximum Gasteiger partial charge on any atom is 0.247 e. The molecule has 2 aromatic rings. The van der Waals surface area contributed by atoms with Crippen LogP contribution in [0.4, 0.5) is 0 Å². The fourth-order valence-corrected chi connectivity index (χ4v) is 3.15. The number of amides is 2. The molecular weight excluding hydrogens is 316 g/mol. The summed E-state index contributed by atoms with van der Waals surface area (Å²) in [6, 6.07) is 16.8. The lowest BCUT2D eigenvalue weighted by atomic mass is 9.91. The molecule has 0 bridgehead atoms. The van der Waals surface area contributed by atoms with Gasteiger partial charge in [0.2, 0.25) is 11.8 Å². The molecule has 25 heavy (non-hydrogen) atoms. The van der Waals surface area contributed by atoms with E-state index in [0.29, 0.717) is 26.1 Å². The lowest BCUT2D eigenvalue weighted by Crippen LogP contribution is -2.48. The molecule has 1 unspecified atom stereocenters. The van der Waals surface area contributed by atoms with Crippen molar-refractivity contribution in [2.45, 2.75) is 19.0 Å². The van der Waals surface area contributed by atoms with E-state index in [4.69, 9.17) is 4.74 Å². The minimum Gasteiger partial charge on any atom is -0.383 e. The first-order chi connectivity index (χ1) is 12.2. The number of methoxy groups -OCH3 is 1. The van der Waals surface area contributed by atoms with E-state index < -0.39 is 6.04 Å². The van der Waals surface area contributed by atoms with Crippen LogP contribution in [0, 0.1) is 0 Å². The van der Waals surface area contributed by atoms with E-state index in [1.807, 2.05) is 54.6 Å². The fraction of sp³-hybridized carbons (Fsp3) is 0.300. The third-order valence-electron chi connectivity index (χ3n) is 4.42. The van der Waals surface area contributed by atoms with Crippen molar-refractivity contribution in [3.63, 3.8) is 0 Å². The summed E-state index contributed by atoms with van der Waals surface area (Å²) < 4.78 is 5.11. The lowest BCUT2D eigenvalue weighted by molar-refractivity contribution is -0.142. The van der Waals surface area contributed by atoms with Crippen molar-refractivity contribution >= 4 is 11.8 Å². The van der Waals surface area contributed by atoms with Crippen molar-refractivity contribution in [3.8, 4) is 0 Å². The number of hydrogen-bond donors (Lipinski definition) is 1. The number of ether oxygens (including phenoxy) is 1. The molecule has 5 nitrogen and oxygen atoms in total. The van der Waals surface area contributed by atoms with Crippen molar-refractivity contribution < 1.29 is 14.3 Å². The summed E-state index contributed by atoms with van der Waals surface area (Å²) in [5, 5.41) is 2.96. The number of carbonyl (C=O) groups excluding carboxylic acids is 2. The molecule has 1 atom stereocenters. The largest absolute Gasteiger partial charge is 0.383 e. The number of hydrogen-bond acceptors (Lipinski definition) is 3. The van der Waals surface area contributed by atoms with Crippen LogP contribution in [0.3, 0.4) is 0 Å². The molecule has 0 saturated heterocycles. The zero-order valence-electron chi connectivity index (χ0n) is 14.3. The van der Waals surface area contributed by atoms with Crippen LogP contribution in [0.1, 0.15) is 22.7 Å². The van der Waals surface area contributed by atoms with Crippen molar-refractivity contribution in [3.05, 3.63) is 71.3 Å². The van der Waals surface area contributed by atoms with Crippen molar-refractivity contribution in [2.24, 2.45) is 0 Å². The van der Waals surface area contributed by atoms with Gasteiger partial charge in [0.25, 0.3) is 0 Å². The summed E-state index contributed by atoms with van der Waals surface area (Å²) in [6.45, 7) is 1.23.